The highest BCUT2D eigenvalue weighted by molar-refractivity contribution is 7.99. The molecule has 1 atom stereocenters. The van der Waals surface area contributed by atoms with Crippen LogP contribution in [0.15, 0.2) is 29.4 Å². The van der Waals surface area contributed by atoms with Gasteiger partial charge in [0.2, 0.25) is 11.1 Å². The Morgan fingerprint density at radius 2 is 2.09 bits per heavy atom. The van der Waals surface area contributed by atoms with Crippen molar-refractivity contribution >= 4 is 17.7 Å². The molecule has 8 heteroatoms. The van der Waals surface area contributed by atoms with Crippen molar-refractivity contribution in [2.24, 2.45) is 0 Å². The van der Waals surface area contributed by atoms with Crippen LogP contribution in [0.25, 0.3) is 11.4 Å². The van der Waals surface area contributed by atoms with Crippen LogP contribution < -0.4 is 11.2 Å². The smallest absolute Gasteiger partial charge is 0.230 e. The number of benzene rings is 1. The van der Waals surface area contributed by atoms with Gasteiger partial charge in [-0.3, -0.25) is 4.79 Å². The summed E-state index contributed by atoms with van der Waals surface area (Å²) in [4.78, 5) is 11.8. The van der Waals surface area contributed by atoms with E-state index >= 15 is 0 Å². The first kappa shape index (κ1) is 17.3. The molecule has 0 saturated heterocycles. The maximum absolute atomic E-state index is 11.8. The van der Waals surface area contributed by atoms with E-state index in [1.807, 2.05) is 38.1 Å². The second-order valence-corrected chi connectivity index (χ2v) is 6.20. The Morgan fingerprint density at radius 3 is 2.74 bits per heavy atom. The SMILES string of the molecule is COCC(C)NC(=O)CSc1nnc(-c2ccc(C)cc2)n1N. The van der Waals surface area contributed by atoms with Gasteiger partial charge in [0.05, 0.1) is 12.4 Å². The van der Waals surface area contributed by atoms with E-state index in [9.17, 15) is 4.79 Å². The van der Waals surface area contributed by atoms with Gasteiger partial charge in [0.1, 0.15) is 0 Å². The second-order valence-electron chi connectivity index (χ2n) is 5.25. The van der Waals surface area contributed by atoms with E-state index in [0.717, 1.165) is 11.1 Å². The fourth-order valence-corrected chi connectivity index (χ4v) is 2.68. The molecule has 7 nitrogen and oxygen atoms in total. The van der Waals surface area contributed by atoms with Gasteiger partial charge in [0.25, 0.3) is 0 Å². The minimum absolute atomic E-state index is 0.0352. The van der Waals surface area contributed by atoms with Crippen molar-refractivity contribution in [3.8, 4) is 11.4 Å². The second kappa shape index (κ2) is 7.98. The van der Waals surface area contributed by atoms with E-state index in [0.29, 0.717) is 17.6 Å². The average molecular weight is 335 g/mol. The standard InChI is InChI=1S/C15H21N5O2S/c1-10-4-6-12(7-5-10)14-18-19-15(20(14)16)23-9-13(21)17-11(2)8-22-3/h4-7,11H,8-9,16H2,1-3H3,(H,17,21). The number of nitrogens with two attached hydrogens (primary N) is 1. The molecular formula is C15H21N5O2S. The Bertz CT molecular complexity index is 656. The van der Waals surface area contributed by atoms with Crippen molar-refractivity contribution < 1.29 is 9.53 Å². The van der Waals surface area contributed by atoms with E-state index in [2.05, 4.69) is 15.5 Å². The Balaban J connectivity index is 1.97. The first-order valence-electron chi connectivity index (χ1n) is 7.20. The number of aryl methyl sites for hydroxylation is 1. The molecule has 1 aromatic heterocycles. The number of amides is 1. The number of nitrogens with one attached hydrogen (secondary N) is 1. The summed E-state index contributed by atoms with van der Waals surface area (Å²) in [5.41, 5.74) is 2.05. The summed E-state index contributed by atoms with van der Waals surface area (Å²) in [5, 5.41) is 11.5. The summed E-state index contributed by atoms with van der Waals surface area (Å²) in [6.07, 6.45) is 0. The fraction of sp³-hybridized carbons (Fsp3) is 0.400. The lowest BCUT2D eigenvalue weighted by Crippen LogP contribution is -2.36. The van der Waals surface area contributed by atoms with Gasteiger partial charge >= 0.3 is 0 Å². The van der Waals surface area contributed by atoms with Crippen LogP contribution in [-0.4, -0.2) is 46.3 Å². The van der Waals surface area contributed by atoms with Crippen molar-refractivity contribution in [1.29, 1.82) is 0 Å². The molecule has 23 heavy (non-hydrogen) atoms. The van der Waals surface area contributed by atoms with E-state index < -0.39 is 0 Å². The number of carbonyl (C=O) groups is 1. The monoisotopic (exact) mass is 335 g/mol. The van der Waals surface area contributed by atoms with Gasteiger partial charge in [0, 0.05) is 18.7 Å². The predicted octanol–water partition coefficient (Wildman–Crippen LogP) is 1.21. The van der Waals surface area contributed by atoms with Crippen molar-refractivity contribution in [2.75, 3.05) is 25.3 Å². The summed E-state index contributed by atoms with van der Waals surface area (Å²) >= 11 is 1.25. The fourth-order valence-electron chi connectivity index (χ4n) is 2.01. The molecule has 0 aliphatic heterocycles. The molecule has 124 valence electrons. The highest BCUT2D eigenvalue weighted by Crippen LogP contribution is 2.21. The summed E-state index contributed by atoms with van der Waals surface area (Å²) in [6.45, 7) is 4.37. The number of hydrogen-bond acceptors (Lipinski definition) is 6. The van der Waals surface area contributed by atoms with Crippen molar-refractivity contribution in [3.05, 3.63) is 29.8 Å². The molecule has 2 aromatic rings. The molecular weight excluding hydrogens is 314 g/mol. The minimum atomic E-state index is -0.0977. The Morgan fingerprint density at radius 1 is 1.39 bits per heavy atom. The normalized spacial score (nSPS) is 12.1. The third-order valence-corrected chi connectivity index (χ3v) is 4.07. The van der Waals surface area contributed by atoms with Crippen LogP contribution in [0.1, 0.15) is 12.5 Å². The Labute approximate surface area is 139 Å². The summed E-state index contributed by atoms with van der Waals surface area (Å²) in [6, 6.07) is 7.82. The number of carbonyl (C=O) groups excluding carboxylic acids is 1. The molecule has 1 heterocycles. The van der Waals surface area contributed by atoms with Crippen LogP contribution in [0.5, 0.6) is 0 Å². The molecule has 1 unspecified atom stereocenters. The molecule has 0 saturated carbocycles. The quantitative estimate of drug-likeness (QED) is 0.583. The molecule has 1 aromatic carbocycles. The molecule has 0 spiro atoms. The Kier molecular flexibility index (Phi) is 6.00. The van der Waals surface area contributed by atoms with Gasteiger partial charge in [-0.15, -0.1) is 10.2 Å². The topological polar surface area (TPSA) is 95.1 Å². The lowest BCUT2D eigenvalue weighted by atomic mass is 10.1. The van der Waals surface area contributed by atoms with E-state index in [4.69, 9.17) is 10.6 Å². The molecule has 0 fully saturated rings. The number of nitrogen functional groups attached to an aromatic ring is 1. The third-order valence-electron chi connectivity index (χ3n) is 3.13. The number of nitrogens with zero attached hydrogens (tertiary/aromatic N) is 3. The maximum Gasteiger partial charge on any atom is 0.230 e. The van der Waals surface area contributed by atoms with Crippen molar-refractivity contribution in [3.63, 3.8) is 0 Å². The van der Waals surface area contributed by atoms with E-state index in [-0.39, 0.29) is 17.7 Å². The minimum Gasteiger partial charge on any atom is -0.383 e. The largest absolute Gasteiger partial charge is 0.383 e. The van der Waals surface area contributed by atoms with E-state index in [1.54, 1.807) is 7.11 Å². The maximum atomic E-state index is 11.8. The number of hydrogen-bond donors (Lipinski definition) is 2. The molecule has 3 N–H and O–H groups in total. The number of aromatic nitrogens is 3. The van der Waals surface area contributed by atoms with Crippen molar-refractivity contribution in [1.82, 2.24) is 20.2 Å². The molecule has 0 radical (unpaired) electrons. The predicted molar refractivity (Wildman–Crippen MR) is 90.6 cm³/mol. The highest BCUT2D eigenvalue weighted by Gasteiger charge is 2.14. The van der Waals surface area contributed by atoms with Crippen LogP contribution in [0.3, 0.4) is 0 Å². The molecule has 0 aliphatic carbocycles. The third kappa shape index (κ3) is 4.70. The van der Waals surface area contributed by atoms with E-state index in [1.165, 1.54) is 16.4 Å². The zero-order chi connectivity index (χ0) is 16.8. The van der Waals surface area contributed by atoms with Gasteiger partial charge in [0.15, 0.2) is 5.82 Å². The molecule has 0 bridgehead atoms. The summed E-state index contributed by atoms with van der Waals surface area (Å²) < 4.78 is 6.38. The van der Waals surface area contributed by atoms with Crippen LogP contribution in [0.2, 0.25) is 0 Å². The van der Waals surface area contributed by atoms with Crippen LogP contribution >= 0.6 is 11.8 Å². The zero-order valence-corrected chi connectivity index (χ0v) is 14.3. The number of methoxy groups -OCH3 is 1. The molecule has 2 rings (SSSR count). The highest BCUT2D eigenvalue weighted by atomic mass is 32.2. The van der Waals surface area contributed by atoms with Crippen molar-refractivity contribution in [2.45, 2.75) is 25.0 Å². The first-order chi connectivity index (χ1) is 11.0. The van der Waals surface area contributed by atoms with Gasteiger partial charge in [-0.2, -0.15) is 0 Å². The summed E-state index contributed by atoms with van der Waals surface area (Å²) in [7, 11) is 1.60. The molecule has 0 aliphatic rings. The average Bonchev–Trinajstić information content (AvgIpc) is 2.87. The summed E-state index contributed by atoms with van der Waals surface area (Å²) in [5.74, 6) is 6.72. The van der Waals surface area contributed by atoms with Gasteiger partial charge in [-0.05, 0) is 13.8 Å². The lowest BCUT2D eigenvalue weighted by Gasteiger charge is -2.12. The lowest BCUT2D eigenvalue weighted by molar-refractivity contribution is -0.119. The Hall–Kier alpha value is -2.06. The van der Waals surface area contributed by atoms with Crippen LogP contribution in [0.4, 0.5) is 0 Å². The number of ether oxygens (including phenoxy) is 1. The first-order valence-corrected chi connectivity index (χ1v) is 8.18. The number of rotatable bonds is 7. The number of thioether (sulfide) groups is 1. The van der Waals surface area contributed by atoms with Crippen LogP contribution in [0, 0.1) is 6.92 Å². The van der Waals surface area contributed by atoms with Gasteiger partial charge in [-0.25, -0.2) is 4.68 Å². The molecule has 1 amide bonds. The van der Waals surface area contributed by atoms with Gasteiger partial charge < -0.3 is 15.9 Å². The zero-order valence-electron chi connectivity index (χ0n) is 13.4. The van der Waals surface area contributed by atoms with Crippen LogP contribution in [-0.2, 0) is 9.53 Å². The van der Waals surface area contributed by atoms with Gasteiger partial charge in [-0.1, -0.05) is 41.6 Å².